The molecule has 1 unspecified atom stereocenters. The molecule has 0 amide bonds. The molecule has 2 aliphatic rings. The van der Waals surface area contributed by atoms with Gasteiger partial charge in [0.15, 0.2) is 0 Å². The average Bonchev–Trinajstić information content (AvgIpc) is 2.97. The third kappa shape index (κ3) is 1.63. The van der Waals surface area contributed by atoms with Gasteiger partial charge in [-0.2, -0.15) is 0 Å². The van der Waals surface area contributed by atoms with Crippen molar-refractivity contribution in [1.29, 1.82) is 0 Å². The molecule has 1 aromatic rings. The highest BCUT2D eigenvalue weighted by atomic mass is 16.5. The summed E-state index contributed by atoms with van der Waals surface area (Å²) in [5.74, 6) is 1.08. The molecule has 0 bridgehead atoms. The van der Waals surface area contributed by atoms with E-state index >= 15 is 0 Å². The molecule has 1 N–H and O–H groups in total. The lowest BCUT2D eigenvalue weighted by Crippen LogP contribution is -2.23. The van der Waals surface area contributed by atoms with E-state index in [1.807, 2.05) is 6.08 Å². The number of ether oxygens (including phenoxy) is 1. The summed E-state index contributed by atoms with van der Waals surface area (Å²) >= 11 is 0. The first-order valence-corrected chi connectivity index (χ1v) is 5.92. The molecule has 1 aliphatic carbocycles. The van der Waals surface area contributed by atoms with E-state index in [4.69, 9.17) is 4.74 Å². The van der Waals surface area contributed by atoms with Crippen molar-refractivity contribution >= 4 is 0 Å². The van der Waals surface area contributed by atoms with E-state index in [9.17, 15) is 5.11 Å². The number of hydrogen-bond donors (Lipinski definition) is 1. The minimum atomic E-state index is -0.421. The Bertz CT molecular complexity index is 397. The van der Waals surface area contributed by atoms with Gasteiger partial charge in [-0.1, -0.05) is 24.3 Å². The normalized spacial score (nSPS) is 21.4. The van der Waals surface area contributed by atoms with Crippen LogP contribution in [0.1, 0.15) is 17.5 Å². The van der Waals surface area contributed by atoms with Crippen LogP contribution in [0.25, 0.3) is 0 Å². The van der Waals surface area contributed by atoms with Crippen LogP contribution >= 0.6 is 0 Å². The Morgan fingerprint density at radius 1 is 1.19 bits per heavy atom. The van der Waals surface area contributed by atoms with Crippen LogP contribution in [0.5, 0.6) is 0 Å². The molecule has 1 atom stereocenters. The van der Waals surface area contributed by atoms with E-state index in [1.165, 1.54) is 11.1 Å². The minimum absolute atomic E-state index is 0.293. The summed E-state index contributed by atoms with van der Waals surface area (Å²) in [5.41, 5.74) is 2.76. The summed E-state index contributed by atoms with van der Waals surface area (Å²) in [4.78, 5) is 0. The largest absolute Gasteiger partial charge is 0.495 e. The second kappa shape index (κ2) is 3.95. The van der Waals surface area contributed by atoms with E-state index in [0.29, 0.717) is 5.92 Å². The maximum Gasteiger partial charge on any atom is 0.121 e. The quantitative estimate of drug-likeness (QED) is 0.820. The fourth-order valence-electron chi connectivity index (χ4n) is 2.69. The predicted octanol–water partition coefficient (Wildman–Crippen LogP) is 2.07. The van der Waals surface area contributed by atoms with Gasteiger partial charge in [-0.3, -0.25) is 0 Å². The number of fused-ring (bicyclic) bond motifs is 1. The van der Waals surface area contributed by atoms with Crippen molar-refractivity contribution in [2.24, 2.45) is 5.92 Å². The molecule has 2 heteroatoms. The smallest absolute Gasteiger partial charge is 0.121 e. The van der Waals surface area contributed by atoms with Crippen molar-refractivity contribution < 1.29 is 9.84 Å². The van der Waals surface area contributed by atoms with Crippen LogP contribution in [0, 0.1) is 5.92 Å². The van der Waals surface area contributed by atoms with Crippen LogP contribution in [-0.4, -0.2) is 17.8 Å². The number of benzene rings is 1. The van der Waals surface area contributed by atoms with Crippen molar-refractivity contribution in [2.45, 2.75) is 25.4 Å². The van der Waals surface area contributed by atoms with E-state index < -0.39 is 6.10 Å². The molecule has 1 aliphatic heterocycles. The fraction of sp³-hybridized carbons (Fsp3) is 0.429. The Kier molecular flexibility index (Phi) is 2.44. The molecular formula is C14H16O2. The number of hydrogen-bond acceptors (Lipinski definition) is 2. The molecule has 0 spiro atoms. The highest BCUT2D eigenvalue weighted by molar-refractivity contribution is 5.33. The molecule has 0 radical (unpaired) electrons. The summed E-state index contributed by atoms with van der Waals surface area (Å²) < 4.78 is 5.44. The first kappa shape index (κ1) is 9.91. The van der Waals surface area contributed by atoms with Crippen LogP contribution in [0.4, 0.5) is 0 Å². The summed E-state index contributed by atoms with van der Waals surface area (Å²) in [5, 5.41) is 10.2. The molecule has 84 valence electrons. The predicted molar refractivity (Wildman–Crippen MR) is 62.0 cm³/mol. The SMILES string of the molecule is OC(C1=CCCO1)C1Cc2ccccc2C1. The van der Waals surface area contributed by atoms with Crippen LogP contribution in [-0.2, 0) is 17.6 Å². The van der Waals surface area contributed by atoms with Crippen molar-refractivity contribution in [2.75, 3.05) is 6.61 Å². The molecule has 2 nitrogen and oxygen atoms in total. The zero-order valence-electron chi connectivity index (χ0n) is 9.23. The zero-order chi connectivity index (χ0) is 11.0. The third-order valence-corrected chi connectivity index (χ3v) is 3.55. The van der Waals surface area contributed by atoms with Gasteiger partial charge >= 0.3 is 0 Å². The Morgan fingerprint density at radius 3 is 2.44 bits per heavy atom. The minimum Gasteiger partial charge on any atom is -0.495 e. The van der Waals surface area contributed by atoms with Crippen molar-refractivity contribution in [3.63, 3.8) is 0 Å². The molecule has 0 saturated carbocycles. The second-order valence-corrected chi connectivity index (χ2v) is 4.63. The number of rotatable bonds is 2. The van der Waals surface area contributed by atoms with Crippen molar-refractivity contribution in [1.82, 2.24) is 0 Å². The maximum absolute atomic E-state index is 10.2. The summed E-state index contributed by atoms with van der Waals surface area (Å²) in [6.07, 6.45) is 4.48. The zero-order valence-corrected chi connectivity index (χ0v) is 9.23. The molecule has 3 rings (SSSR count). The van der Waals surface area contributed by atoms with E-state index in [1.54, 1.807) is 0 Å². The molecule has 0 fully saturated rings. The van der Waals surface area contributed by atoms with Gasteiger partial charge in [0.05, 0.1) is 6.61 Å². The lowest BCUT2D eigenvalue weighted by Gasteiger charge is -2.18. The van der Waals surface area contributed by atoms with Crippen molar-refractivity contribution in [3.8, 4) is 0 Å². The highest BCUT2D eigenvalue weighted by Gasteiger charge is 2.31. The molecule has 16 heavy (non-hydrogen) atoms. The molecule has 1 aromatic carbocycles. The molecule has 0 aromatic heterocycles. The number of aliphatic hydroxyl groups is 1. The fourth-order valence-corrected chi connectivity index (χ4v) is 2.69. The van der Waals surface area contributed by atoms with Gasteiger partial charge in [0.1, 0.15) is 11.9 Å². The lowest BCUT2D eigenvalue weighted by atomic mass is 9.97. The Morgan fingerprint density at radius 2 is 1.88 bits per heavy atom. The van der Waals surface area contributed by atoms with Crippen LogP contribution in [0.3, 0.4) is 0 Å². The molecule has 0 saturated heterocycles. The van der Waals surface area contributed by atoms with Gasteiger partial charge in [-0.15, -0.1) is 0 Å². The summed E-state index contributed by atoms with van der Waals surface area (Å²) in [7, 11) is 0. The van der Waals surface area contributed by atoms with Gasteiger partial charge in [0.25, 0.3) is 0 Å². The third-order valence-electron chi connectivity index (χ3n) is 3.55. The van der Waals surface area contributed by atoms with Gasteiger partial charge in [-0.05, 0) is 30.0 Å². The average molecular weight is 216 g/mol. The van der Waals surface area contributed by atoms with E-state index in [-0.39, 0.29) is 0 Å². The maximum atomic E-state index is 10.2. The first-order chi connectivity index (χ1) is 7.84. The summed E-state index contributed by atoms with van der Waals surface area (Å²) in [6.45, 7) is 0.728. The first-order valence-electron chi connectivity index (χ1n) is 5.92. The Labute approximate surface area is 95.6 Å². The standard InChI is InChI=1S/C14H16O2/c15-14(13-6-3-7-16-13)12-8-10-4-1-2-5-11(10)9-12/h1-2,4-6,12,14-15H,3,7-9H2. The van der Waals surface area contributed by atoms with Gasteiger partial charge in [0.2, 0.25) is 0 Å². The lowest BCUT2D eigenvalue weighted by molar-refractivity contribution is 0.0774. The van der Waals surface area contributed by atoms with E-state index in [0.717, 1.165) is 31.6 Å². The van der Waals surface area contributed by atoms with Crippen LogP contribution < -0.4 is 0 Å². The monoisotopic (exact) mass is 216 g/mol. The topological polar surface area (TPSA) is 29.5 Å². The van der Waals surface area contributed by atoms with Crippen molar-refractivity contribution in [3.05, 3.63) is 47.2 Å². The van der Waals surface area contributed by atoms with Gasteiger partial charge in [0, 0.05) is 12.3 Å². The Balaban J connectivity index is 1.75. The van der Waals surface area contributed by atoms with E-state index in [2.05, 4.69) is 24.3 Å². The van der Waals surface area contributed by atoms with Crippen LogP contribution in [0.2, 0.25) is 0 Å². The molecule has 1 heterocycles. The highest BCUT2D eigenvalue weighted by Crippen LogP contribution is 2.32. The summed E-state index contributed by atoms with van der Waals surface area (Å²) in [6, 6.07) is 8.45. The Hall–Kier alpha value is -1.28. The van der Waals surface area contributed by atoms with Gasteiger partial charge in [-0.25, -0.2) is 0 Å². The second-order valence-electron chi connectivity index (χ2n) is 4.63. The van der Waals surface area contributed by atoms with Gasteiger partial charge < -0.3 is 9.84 Å². The number of aliphatic hydroxyl groups excluding tert-OH is 1. The van der Waals surface area contributed by atoms with Crippen LogP contribution in [0.15, 0.2) is 36.1 Å². The molecular weight excluding hydrogens is 200 g/mol.